The third kappa shape index (κ3) is 4.42. The molecule has 1 amide bonds. The smallest absolute Gasteiger partial charge is 0.253 e. The van der Waals surface area contributed by atoms with Crippen molar-refractivity contribution in [2.45, 2.75) is 0 Å². The normalized spacial score (nSPS) is 14.4. The summed E-state index contributed by atoms with van der Waals surface area (Å²) in [4.78, 5) is 21.3. The van der Waals surface area contributed by atoms with Gasteiger partial charge in [-0.15, -0.1) is 5.10 Å². The number of likely N-dealkylation sites (N-methyl/N-ethyl adjacent to an activating group) is 1. The average Bonchev–Trinajstić information content (AvgIpc) is 3.28. The van der Waals surface area contributed by atoms with Crippen molar-refractivity contribution in [2.75, 3.05) is 45.7 Å². The SMILES string of the molecule is COc1ccc(Cl)cc1-c1ccc2cnc(Nc3ccc(C(=O)N4CCN(C)CC4)cc3)nn12. The highest BCUT2D eigenvalue weighted by atomic mass is 35.5. The molecule has 0 radical (unpaired) electrons. The molecule has 0 bridgehead atoms. The fraction of sp³-hybridized carbons (Fsp3) is 0.240. The Morgan fingerprint density at radius 1 is 1.03 bits per heavy atom. The van der Waals surface area contributed by atoms with Crippen LogP contribution >= 0.6 is 11.6 Å². The number of amides is 1. The van der Waals surface area contributed by atoms with Gasteiger partial charge in [-0.05, 0) is 61.6 Å². The molecule has 4 aromatic rings. The fourth-order valence-electron chi connectivity index (χ4n) is 4.06. The second kappa shape index (κ2) is 9.32. The number of carbonyl (C=O) groups excluding carboxylic acids is 1. The number of hydrogen-bond acceptors (Lipinski definition) is 6. The van der Waals surface area contributed by atoms with Crippen LogP contribution in [0.4, 0.5) is 11.6 Å². The van der Waals surface area contributed by atoms with Gasteiger partial charge in [0.1, 0.15) is 5.75 Å². The standard InChI is InChI=1S/C25H25ClN6O2/c1-30-11-13-31(14-12-30)24(33)17-3-6-19(7-4-17)28-25-27-16-20-8-9-22(32(20)29-25)21-15-18(26)5-10-23(21)34-2/h3-10,15-16H,11-14H2,1-2H3,(H,28,29). The third-order valence-electron chi connectivity index (χ3n) is 6.01. The Hall–Kier alpha value is -3.62. The number of hydrogen-bond donors (Lipinski definition) is 1. The first kappa shape index (κ1) is 22.2. The summed E-state index contributed by atoms with van der Waals surface area (Å²) in [5.41, 5.74) is 3.99. The van der Waals surface area contributed by atoms with E-state index in [2.05, 4.69) is 27.3 Å². The summed E-state index contributed by atoms with van der Waals surface area (Å²) < 4.78 is 7.31. The Labute approximate surface area is 202 Å². The van der Waals surface area contributed by atoms with Crippen LogP contribution in [0.2, 0.25) is 5.02 Å². The van der Waals surface area contributed by atoms with E-state index >= 15 is 0 Å². The number of nitrogens with one attached hydrogen (secondary N) is 1. The molecule has 1 N–H and O–H groups in total. The van der Waals surface area contributed by atoms with Crippen molar-refractivity contribution in [3.63, 3.8) is 0 Å². The minimum atomic E-state index is 0.0600. The Morgan fingerprint density at radius 2 is 1.79 bits per heavy atom. The lowest BCUT2D eigenvalue weighted by atomic mass is 10.1. The highest BCUT2D eigenvalue weighted by Gasteiger charge is 2.20. The van der Waals surface area contributed by atoms with Crippen molar-refractivity contribution >= 4 is 34.7 Å². The molecule has 8 nitrogen and oxygen atoms in total. The van der Waals surface area contributed by atoms with Crippen LogP contribution in [0.3, 0.4) is 0 Å². The molecule has 0 saturated carbocycles. The quantitative estimate of drug-likeness (QED) is 0.465. The van der Waals surface area contributed by atoms with Crippen LogP contribution in [0.1, 0.15) is 10.4 Å². The molecule has 0 spiro atoms. The number of fused-ring (bicyclic) bond motifs is 1. The maximum Gasteiger partial charge on any atom is 0.253 e. The average molecular weight is 477 g/mol. The highest BCUT2D eigenvalue weighted by Crippen LogP contribution is 2.33. The molecule has 0 atom stereocenters. The molecule has 174 valence electrons. The highest BCUT2D eigenvalue weighted by molar-refractivity contribution is 6.31. The number of piperazine rings is 1. The zero-order valence-electron chi connectivity index (χ0n) is 19.0. The molecule has 1 aliphatic heterocycles. The van der Waals surface area contributed by atoms with Crippen LogP contribution in [-0.2, 0) is 0 Å². The number of carbonyl (C=O) groups is 1. The molecule has 3 heterocycles. The predicted molar refractivity (Wildman–Crippen MR) is 133 cm³/mol. The number of benzene rings is 2. The number of rotatable bonds is 5. The van der Waals surface area contributed by atoms with E-state index in [4.69, 9.17) is 16.3 Å². The van der Waals surface area contributed by atoms with E-state index in [0.29, 0.717) is 22.3 Å². The Kier molecular flexibility index (Phi) is 6.08. The number of halogens is 1. The van der Waals surface area contributed by atoms with Crippen molar-refractivity contribution < 1.29 is 9.53 Å². The van der Waals surface area contributed by atoms with Gasteiger partial charge < -0.3 is 19.9 Å². The summed E-state index contributed by atoms with van der Waals surface area (Å²) in [6.45, 7) is 3.29. The van der Waals surface area contributed by atoms with Gasteiger partial charge in [0, 0.05) is 48.0 Å². The second-order valence-corrected chi connectivity index (χ2v) is 8.72. The van der Waals surface area contributed by atoms with Gasteiger partial charge in [0.05, 0.1) is 24.5 Å². The van der Waals surface area contributed by atoms with E-state index in [-0.39, 0.29) is 5.91 Å². The Bertz CT molecular complexity index is 1330. The van der Waals surface area contributed by atoms with E-state index in [1.54, 1.807) is 23.9 Å². The molecule has 1 saturated heterocycles. The minimum Gasteiger partial charge on any atom is -0.496 e. The maximum absolute atomic E-state index is 12.8. The van der Waals surface area contributed by atoms with E-state index in [9.17, 15) is 4.79 Å². The summed E-state index contributed by atoms with van der Waals surface area (Å²) in [7, 11) is 3.70. The van der Waals surface area contributed by atoms with Gasteiger partial charge in [0.2, 0.25) is 5.95 Å². The second-order valence-electron chi connectivity index (χ2n) is 8.28. The molecule has 0 aliphatic carbocycles. The first-order chi connectivity index (χ1) is 16.5. The molecular formula is C25H25ClN6O2. The lowest BCUT2D eigenvalue weighted by Gasteiger charge is -2.32. The molecule has 1 fully saturated rings. The van der Waals surface area contributed by atoms with Crippen LogP contribution in [0.25, 0.3) is 16.8 Å². The van der Waals surface area contributed by atoms with Gasteiger partial charge in [0.25, 0.3) is 5.91 Å². The van der Waals surface area contributed by atoms with Gasteiger partial charge in [-0.25, -0.2) is 9.50 Å². The van der Waals surface area contributed by atoms with Gasteiger partial charge in [-0.2, -0.15) is 0 Å². The lowest BCUT2D eigenvalue weighted by Crippen LogP contribution is -2.47. The zero-order valence-corrected chi connectivity index (χ0v) is 19.8. The van der Waals surface area contributed by atoms with Crippen molar-refractivity contribution in [1.82, 2.24) is 24.4 Å². The van der Waals surface area contributed by atoms with Gasteiger partial charge in [-0.3, -0.25) is 4.79 Å². The molecule has 2 aromatic heterocycles. The molecule has 1 aliphatic rings. The summed E-state index contributed by atoms with van der Waals surface area (Å²) >= 11 is 6.23. The van der Waals surface area contributed by atoms with Crippen LogP contribution in [0.5, 0.6) is 5.75 Å². The number of anilines is 2. The van der Waals surface area contributed by atoms with Crippen molar-refractivity contribution in [2.24, 2.45) is 0 Å². The number of ether oxygens (including phenoxy) is 1. The molecule has 5 rings (SSSR count). The van der Waals surface area contributed by atoms with Crippen LogP contribution < -0.4 is 10.1 Å². The van der Waals surface area contributed by atoms with Gasteiger partial charge in [-0.1, -0.05) is 11.6 Å². The molecule has 34 heavy (non-hydrogen) atoms. The van der Waals surface area contributed by atoms with Crippen LogP contribution in [0.15, 0.2) is 60.8 Å². The van der Waals surface area contributed by atoms with Gasteiger partial charge >= 0.3 is 0 Å². The van der Waals surface area contributed by atoms with Crippen LogP contribution in [0, 0.1) is 0 Å². The van der Waals surface area contributed by atoms with E-state index in [1.165, 1.54) is 0 Å². The molecule has 9 heteroatoms. The van der Waals surface area contributed by atoms with E-state index in [1.807, 2.05) is 53.4 Å². The molecule has 2 aromatic carbocycles. The Balaban J connectivity index is 1.37. The van der Waals surface area contributed by atoms with Crippen molar-refractivity contribution in [1.29, 1.82) is 0 Å². The fourth-order valence-corrected chi connectivity index (χ4v) is 4.23. The van der Waals surface area contributed by atoms with Crippen molar-refractivity contribution in [3.05, 3.63) is 71.4 Å². The van der Waals surface area contributed by atoms with Crippen molar-refractivity contribution in [3.8, 4) is 17.0 Å². The Morgan fingerprint density at radius 3 is 2.53 bits per heavy atom. The number of methoxy groups -OCH3 is 1. The van der Waals surface area contributed by atoms with E-state index < -0.39 is 0 Å². The first-order valence-corrected chi connectivity index (χ1v) is 11.4. The molecular weight excluding hydrogens is 452 g/mol. The van der Waals surface area contributed by atoms with E-state index in [0.717, 1.165) is 48.6 Å². The summed E-state index contributed by atoms with van der Waals surface area (Å²) in [5.74, 6) is 1.20. The number of aromatic nitrogens is 3. The minimum absolute atomic E-state index is 0.0600. The summed E-state index contributed by atoms with van der Waals surface area (Å²) in [6, 6.07) is 16.8. The largest absolute Gasteiger partial charge is 0.496 e. The first-order valence-electron chi connectivity index (χ1n) is 11.1. The topological polar surface area (TPSA) is 75.0 Å². The van der Waals surface area contributed by atoms with Crippen LogP contribution in [-0.4, -0.2) is 70.6 Å². The predicted octanol–water partition coefficient (Wildman–Crippen LogP) is 4.19. The maximum atomic E-state index is 12.8. The van der Waals surface area contributed by atoms with Gasteiger partial charge in [0.15, 0.2) is 0 Å². The monoisotopic (exact) mass is 476 g/mol. The number of nitrogens with zero attached hydrogens (tertiary/aromatic N) is 5. The third-order valence-corrected chi connectivity index (χ3v) is 6.25. The lowest BCUT2D eigenvalue weighted by molar-refractivity contribution is 0.0664. The summed E-state index contributed by atoms with van der Waals surface area (Å²) in [5, 5.41) is 8.51. The molecule has 0 unspecified atom stereocenters. The summed E-state index contributed by atoms with van der Waals surface area (Å²) in [6.07, 6.45) is 1.75. The zero-order chi connectivity index (χ0) is 23.7.